The highest BCUT2D eigenvalue weighted by Gasteiger charge is 2.21. The second kappa shape index (κ2) is 8.76. The summed E-state index contributed by atoms with van der Waals surface area (Å²) in [5.74, 6) is 0.353. The van der Waals surface area contributed by atoms with E-state index in [-0.39, 0.29) is 11.6 Å². The molecule has 3 aromatic carbocycles. The molecular formula is C24H19ClN2O2. The van der Waals surface area contributed by atoms with Gasteiger partial charge < -0.3 is 9.42 Å². The summed E-state index contributed by atoms with van der Waals surface area (Å²) < 4.78 is 5.42. The maximum absolute atomic E-state index is 13.2. The highest BCUT2D eigenvalue weighted by molar-refractivity contribution is 6.30. The minimum atomic E-state index is -0.179. The van der Waals surface area contributed by atoms with Gasteiger partial charge in [0.05, 0.1) is 0 Å². The van der Waals surface area contributed by atoms with Gasteiger partial charge in [-0.3, -0.25) is 4.79 Å². The molecule has 0 unspecified atom stereocenters. The number of carbonyl (C=O) groups is 1. The quantitative estimate of drug-likeness (QED) is 0.407. The van der Waals surface area contributed by atoms with Crippen LogP contribution in [0.15, 0.2) is 95.5 Å². The summed E-state index contributed by atoms with van der Waals surface area (Å²) in [6, 6.07) is 28.7. The van der Waals surface area contributed by atoms with Gasteiger partial charge >= 0.3 is 0 Å². The molecule has 0 aliphatic carbocycles. The molecule has 0 aliphatic heterocycles. The number of amides is 1. The standard InChI is InChI=1S/C24H19ClN2O2/c25-21-13-11-20(12-14-21)23-15-22(26-29-23)24(28)27(16-18-7-3-1-4-8-18)17-19-9-5-2-6-10-19/h1-15H,16-17H2. The second-order valence-electron chi connectivity index (χ2n) is 6.72. The Hall–Kier alpha value is -3.37. The van der Waals surface area contributed by atoms with E-state index in [2.05, 4.69) is 5.16 Å². The van der Waals surface area contributed by atoms with Crippen LogP contribution < -0.4 is 0 Å². The van der Waals surface area contributed by atoms with Crippen LogP contribution in [0.3, 0.4) is 0 Å². The molecule has 4 rings (SSSR count). The number of nitrogens with zero attached hydrogens (tertiary/aromatic N) is 2. The van der Waals surface area contributed by atoms with Crippen LogP contribution in [0.2, 0.25) is 5.02 Å². The molecule has 0 spiro atoms. The molecular weight excluding hydrogens is 384 g/mol. The summed E-state index contributed by atoms with van der Waals surface area (Å²) >= 11 is 5.94. The van der Waals surface area contributed by atoms with E-state index in [0.717, 1.165) is 16.7 Å². The number of carbonyl (C=O) groups excluding carboxylic acids is 1. The van der Waals surface area contributed by atoms with Gasteiger partial charge in [-0.15, -0.1) is 0 Å². The van der Waals surface area contributed by atoms with E-state index >= 15 is 0 Å². The Morgan fingerprint density at radius 1 is 0.828 bits per heavy atom. The van der Waals surface area contributed by atoms with Crippen molar-refractivity contribution in [1.29, 1.82) is 0 Å². The molecule has 144 valence electrons. The fourth-order valence-corrected chi connectivity index (χ4v) is 3.22. The topological polar surface area (TPSA) is 46.3 Å². The highest BCUT2D eigenvalue weighted by Crippen LogP contribution is 2.23. The Morgan fingerprint density at radius 2 is 1.38 bits per heavy atom. The van der Waals surface area contributed by atoms with E-state index in [1.54, 1.807) is 23.1 Å². The van der Waals surface area contributed by atoms with Gasteiger partial charge in [0.2, 0.25) is 0 Å². The van der Waals surface area contributed by atoms with Crippen molar-refractivity contribution >= 4 is 17.5 Å². The fraction of sp³-hybridized carbons (Fsp3) is 0.0833. The Balaban J connectivity index is 1.59. The summed E-state index contributed by atoms with van der Waals surface area (Å²) in [5, 5.41) is 4.66. The Kier molecular flexibility index (Phi) is 5.73. The molecule has 0 aliphatic rings. The van der Waals surface area contributed by atoms with Crippen LogP contribution in [0.25, 0.3) is 11.3 Å². The smallest absolute Gasteiger partial charge is 0.276 e. The summed E-state index contributed by atoms with van der Waals surface area (Å²) in [6.07, 6.45) is 0. The lowest BCUT2D eigenvalue weighted by Crippen LogP contribution is -2.30. The van der Waals surface area contributed by atoms with Gasteiger partial charge in [0.15, 0.2) is 11.5 Å². The van der Waals surface area contributed by atoms with Crippen molar-refractivity contribution in [2.75, 3.05) is 0 Å². The molecule has 0 bridgehead atoms. The van der Waals surface area contributed by atoms with Crippen molar-refractivity contribution in [3.63, 3.8) is 0 Å². The van der Waals surface area contributed by atoms with E-state index in [1.807, 2.05) is 72.8 Å². The lowest BCUT2D eigenvalue weighted by molar-refractivity contribution is 0.0719. The predicted octanol–water partition coefficient (Wildman–Crippen LogP) is 5.84. The van der Waals surface area contributed by atoms with Crippen molar-refractivity contribution in [2.24, 2.45) is 0 Å². The molecule has 0 atom stereocenters. The van der Waals surface area contributed by atoms with Gasteiger partial charge in [0.1, 0.15) is 0 Å². The summed E-state index contributed by atoms with van der Waals surface area (Å²) in [7, 11) is 0. The minimum absolute atomic E-state index is 0.179. The Labute approximate surface area is 174 Å². The first-order valence-corrected chi connectivity index (χ1v) is 9.66. The zero-order valence-electron chi connectivity index (χ0n) is 15.7. The third-order valence-electron chi connectivity index (χ3n) is 4.58. The van der Waals surface area contributed by atoms with E-state index in [4.69, 9.17) is 16.1 Å². The molecule has 29 heavy (non-hydrogen) atoms. The van der Waals surface area contributed by atoms with E-state index in [1.165, 1.54) is 0 Å². The summed E-state index contributed by atoms with van der Waals surface area (Å²) in [4.78, 5) is 15.0. The van der Waals surface area contributed by atoms with E-state index < -0.39 is 0 Å². The third kappa shape index (κ3) is 4.73. The first-order valence-electron chi connectivity index (χ1n) is 9.29. The number of aromatic nitrogens is 1. The normalized spacial score (nSPS) is 10.7. The predicted molar refractivity (Wildman–Crippen MR) is 113 cm³/mol. The molecule has 0 N–H and O–H groups in total. The van der Waals surface area contributed by atoms with Gasteiger partial charge in [0.25, 0.3) is 5.91 Å². The molecule has 5 heteroatoms. The van der Waals surface area contributed by atoms with E-state index in [9.17, 15) is 4.79 Å². The van der Waals surface area contributed by atoms with Crippen LogP contribution in [0.1, 0.15) is 21.6 Å². The van der Waals surface area contributed by atoms with Crippen molar-refractivity contribution < 1.29 is 9.32 Å². The average Bonchev–Trinajstić information content (AvgIpc) is 3.25. The van der Waals surface area contributed by atoms with Crippen LogP contribution in [-0.4, -0.2) is 16.0 Å². The van der Waals surface area contributed by atoms with Crippen molar-refractivity contribution in [2.45, 2.75) is 13.1 Å². The number of halogens is 1. The van der Waals surface area contributed by atoms with Gasteiger partial charge in [-0.1, -0.05) is 77.4 Å². The molecule has 0 fully saturated rings. The van der Waals surface area contributed by atoms with Crippen LogP contribution in [0.5, 0.6) is 0 Å². The molecule has 4 nitrogen and oxygen atoms in total. The van der Waals surface area contributed by atoms with Crippen LogP contribution in [0, 0.1) is 0 Å². The molecule has 0 radical (unpaired) electrons. The van der Waals surface area contributed by atoms with Crippen molar-refractivity contribution in [3.8, 4) is 11.3 Å². The zero-order chi connectivity index (χ0) is 20.1. The van der Waals surface area contributed by atoms with Crippen LogP contribution in [-0.2, 0) is 13.1 Å². The molecule has 1 amide bonds. The van der Waals surface area contributed by atoms with Gasteiger partial charge in [-0.2, -0.15) is 0 Å². The van der Waals surface area contributed by atoms with Crippen molar-refractivity contribution in [3.05, 3.63) is 113 Å². The third-order valence-corrected chi connectivity index (χ3v) is 4.83. The first-order chi connectivity index (χ1) is 14.2. The lowest BCUT2D eigenvalue weighted by atomic mass is 10.1. The van der Waals surface area contributed by atoms with Crippen LogP contribution in [0.4, 0.5) is 0 Å². The molecule has 0 saturated heterocycles. The Bertz CT molecular complexity index is 1040. The largest absolute Gasteiger partial charge is 0.355 e. The number of benzene rings is 3. The lowest BCUT2D eigenvalue weighted by Gasteiger charge is -2.22. The number of hydrogen-bond acceptors (Lipinski definition) is 3. The Morgan fingerprint density at radius 3 is 1.93 bits per heavy atom. The van der Waals surface area contributed by atoms with E-state index in [0.29, 0.717) is 23.9 Å². The van der Waals surface area contributed by atoms with Gasteiger partial charge in [-0.05, 0) is 35.4 Å². The number of rotatable bonds is 6. The zero-order valence-corrected chi connectivity index (χ0v) is 16.4. The van der Waals surface area contributed by atoms with Gasteiger partial charge in [-0.25, -0.2) is 0 Å². The SMILES string of the molecule is O=C(c1cc(-c2ccc(Cl)cc2)on1)N(Cc1ccccc1)Cc1ccccc1. The maximum atomic E-state index is 13.2. The molecule has 1 heterocycles. The second-order valence-corrected chi connectivity index (χ2v) is 7.15. The number of hydrogen-bond donors (Lipinski definition) is 0. The first kappa shape index (κ1) is 19.0. The van der Waals surface area contributed by atoms with Gasteiger partial charge in [0, 0.05) is 29.7 Å². The summed E-state index contributed by atoms with van der Waals surface area (Å²) in [5.41, 5.74) is 3.21. The summed E-state index contributed by atoms with van der Waals surface area (Å²) in [6.45, 7) is 0.968. The fourth-order valence-electron chi connectivity index (χ4n) is 3.10. The maximum Gasteiger partial charge on any atom is 0.276 e. The molecule has 1 aromatic heterocycles. The monoisotopic (exact) mass is 402 g/mol. The molecule has 0 saturated carbocycles. The average molecular weight is 403 g/mol. The molecule has 4 aromatic rings. The van der Waals surface area contributed by atoms with Crippen molar-refractivity contribution in [1.82, 2.24) is 10.1 Å². The van der Waals surface area contributed by atoms with Crippen LogP contribution >= 0.6 is 11.6 Å². The minimum Gasteiger partial charge on any atom is -0.355 e. The highest BCUT2D eigenvalue weighted by atomic mass is 35.5.